The highest BCUT2D eigenvalue weighted by Gasteiger charge is 2.41. The lowest BCUT2D eigenvalue weighted by Crippen LogP contribution is -2.44. The van der Waals surface area contributed by atoms with Gasteiger partial charge in [-0.25, -0.2) is 4.99 Å². The summed E-state index contributed by atoms with van der Waals surface area (Å²) in [4.78, 5) is 21.3. The van der Waals surface area contributed by atoms with Gasteiger partial charge in [-0.3, -0.25) is 9.69 Å². The molecule has 5 heteroatoms. The molecular weight excluding hydrogens is 428 g/mol. The number of carbonyl (C=O) groups is 1. The Kier molecular flexibility index (Phi) is 6.23. The third kappa shape index (κ3) is 4.30. The van der Waals surface area contributed by atoms with Crippen LogP contribution in [0.2, 0.25) is 0 Å². The Morgan fingerprint density at radius 2 is 1.70 bits per heavy atom. The van der Waals surface area contributed by atoms with Gasteiger partial charge in [-0.1, -0.05) is 68.3 Å². The molecule has 2 atom stereocenters. The minimum absolute atomic E-state index is 0.0633. The molecule has 1 saturated carbocycles. The number of amides is 1. The van der Waals surface area contributed by atoms with Gasteiger partial charge in [-0.05, 0) is 65.7 Å². The number of amidine groups is 1. The Morgan fingerprint density at radius 3 is 2.45 bits per heavy atom. The molecule has 3 aromatic carbocycles. The number of para-hydroxylation sites is 1. The summed E-state index contributed by atoms with van der Waals surface area (Å²) >= 11 is 1.49. The number of hydrogen-bond donors (Lipinski definition) is 0. The number of thioether (sulfide) groups is 1. The van der Waals surface area contributed by atoms with Gasteiger partial charge >= 0.3 is 0 Å². The lowest BCUT2D eigenvalue weighted by atomic mass is 9.85. The van der Waals surface area contributed by atoms with Crippen molar-refractivity contribution < 1.29 is 9.53 Å². The van der Waals surface area contributed by atoms with E-state index in [0.717, 1.165) is 57.1 Å². The third-order valence-corrected chi connectivity index (χ3v) is 7.62. The Balaban J connectivity index is 1.58. The van der Waals surface area contributed by atoms with Crippen LogP contribution in [0.5, 0.6) is 5.75 Å². The maximum Gasteiger partial charge on any atom is 0.267 e. The molecule has 3 aromatic rings. The van der Waals surface area contributed by atoms with Gasteiger partial charge in [0.1, 0.15) is 5.75 Å². The fraction of sp³-hybridized carbons (Fsp3) is 0.286. The third-order valence-electron chi connectivity index (χ3n) is 6.64. The second kappa shape index (κ2) is 9.44. The van der Waals surface area contributed by atoms with Crippen LogP contribution in [0, 0.1) is 5.92 Å². The summed E-state index contributed by atoms with van der Waals surface area (Å²) in [5.74, 6) is 1.36. The first-order chi connectivity index (χ1) is 16.2. The number of ether oxygens (including phenoxy) is 1. The number of nitrogens with zero attached hydrogens (tertiary/aromatic N) is 2. The van der Waals surface area contributed by atoms with Gasteiger partial charge in [0.05, 0.1) is 17.7 Å². The molecule has 2 aliphatic rings. The quantitative estimate of drug-likeness (QED) is 0.396. The van der Waals surface area contributed by atoms with Gasteiger partial charge in [-0.2, -0.15) is 0 Å². The number of rotatable bonds is 4. The van der Waals surface area contributed by atoms with Crippen LogP contribution in [-0.2, 0) is 4.79 Å². The molecule has 4 nitrogen and oxygen atoms in total. The number of benzene rings is 3. The van der Waals surface area contributed by atoms with Gasteiger partial charge in [0.25, 0.3) is 5.91 Å². The van der Waals surface area contributed by atoms with E-state index >= 15 is 0 Å². The lowest BCUT2D eigenvalue weighted by molar-refractivity contribution is -0.124. The van der Waals surface area contributed by atoms with Crippen LogP contribution in [-0.4, -0.2) is 29.1 Å². The zero-order valence-electron chi connectivity index (χ0n) is 19.0. The van der Waals surface area contributed by atoms with Gasteiger partial charge in [0.2, 0.25) is 0 Å². The fourth-order valence-corrected chi connectivity index (χ4v) is 5.93. The van der Waals surface area contributed by atoms with E-state index in [0.29, 0.717) is 5.92 Å². The Labute approximate surface area is 199 Å². The van der Waals surface area contributed by atoms with E-state index in [1.165, 1.54) is 18.2 Å². The SMILES string of the molecule is COc1ccc(/C=C2\SC(=Nc3ccccc3)N([C@@H]3CCCC[C@@H]3C)C2=O)c2ccccc12. The summed E-state index contributed by atoms with van der Waals surface area (Å²) in [5.41, 5.74) is 1.89. The molecular formula is C28H28N2O2S. The summed E-state index contributed by atoms with van der Waals surface area (Å²) < 4.78 is 5.55. The van der Waals surface area contributed by atoms with E-state index in [2.05, 4.69) is 19.1 Å². The van der Waals surface area contributed by atoms with Crippen molar-refractivity contribution in [2.75, 3.05) is 7.11 Å². The van der Waals surface area contributed by atoms with Crippen LogP contribution in [0.25, 0.3) is 16.8 Å². The number of aliphatic imine (C=N–C) groups is 1. The molecule has 0 aromatic heterocycles. The van der Waals surface area contributed by atoms with Crippen molar-refractivity contribution in [3.63, 3.8) is 0 Å². The van der Waals surface area contributed by atoms with Crippen molar-refractivity contribution in [2.45, 2.75) is 38.6 Å². The number of hydrogen-bond acceptors (Lipinski definition) is 4. The monoisotopic (exact) mass is 456 g/mol. The molecule has 0 spiro atoms. The molecule has 1 aliphatic carbocycles. The van der Waals surface area contributed by atoms with Crippen LogP contribution in [0.4, 0.5) is 5.69 Å². The predicted octanol–water partition coefficient (Wildman–Crippen LogP) is 7.03. The van der Waals surface area contributed by atoms with Crippen LogP contribution in [0.15, 0.2) is 76.6 Å². The van der Waals surface area contributed by atoms with Gasteiger partial charge in [-0.15, -0.1) is 0 Å². The summed E-state index contributed by atoms with van der Waals surface area (Å²) in [6, 6.07) is 22.3. The standard InChI is InChI=1S/C28H28N2O2S/c1-19-10-6-9-15-24(19)30-27(31)26(33-28(30)29-21-11-4-3-5-12-21)18-20-16-17-25(32-2)23-14-8-7-13-22(20)23/h3-5,7-8,11-14,16-19,24H,6,9-10,15H2,1-2H3/b26-18-,29-28?/t19-,24+/m0/s1. The minimum Gasteiger partial charge on any atom is -0.496 e. The molecule has 1 amide bonds. The second-order valence-electron chi connectivity index (χ2n) is 8.75. The molecule has 0 bridgehead atoms. The Bertz CT molecular complexity index is 1240. The maximum atomic E-state index is 13.7. The zero-order chi connectivity index (χ0) is 22.8. The first-order valence-corrected chi connectivity index (χ1v) is 12.4. The average molecular weight is 457 g/mol. The minimum atomic E-state index is 0.0633. The number of carbonyl (C=O) groups excluding carboxylic acids is 1. The topological polar surface area (TPSA) is 41.9 Å². The molecule has 168 valence electrons. The molecule has 2 fully saturated rings. The second-order valence-corrected chi connectivity index (χ2v) is 9.76. The molecule has 5 rings (SSSR count). The maximum absolute atomic E-state index is 13.7. The van der Waals surface area contributed by atoms with E-state index in [1.54, 1.807) is 7.11 Å². The highest BCUT2D eigenvalue weighted by Crippen LogP contribution is 2.41. The molecule has 1 aliphatic heterocycles. The van der Waals surface area contributed by atoms with Gasteiger partial charge < -0.3 is 4.74 Å². The van der Waals surface area contributed by atoms with Crippen LogP contribution in [0.3, 0.4) is 0 Å². The molecule has 0 N–H and O–H groups in total. The Morgan fingerprint density at radius 1 is 0.970 bits per heavy atom. The largest absolute Gasteiger partial charge is 0.496 e. The fourth-order valence-electron chi connectivity index (χ4n) is 4.89. The van der Waals surface area contributed by atoms with Crippen LogP contribution in [0.1, 0.15) is 38.2 Å². The first-order valence-electron chi connectivity index (χ1n) is 11.6. The summed E-state index contributed by atoms with van der Waals surface area (Å²) in [6.45, 7) is 2.26. The van der Waals surface area contributed by atoms with Gasteiger partial charge in [0.15, 0.2) is 5.17 Å². The van der Waals surface area contributed by atoms with E-state index in [4.69, 9.17) is 9.73 Å². The summed E-state index contributed by atoms with van der Waals surface area (Å²) in [5, 5.41) is 2.90. The Hall–Kier alpha value is -3.05. The van der Waals surface area contributed by atoms with Crippen LogP contribution < -0.4 is 4.74 Å². The highest BCUT2D eigenvalue weighted by atomic mass is 32.2. The predicted molar refractivity (Wildman–Crippen MR) is 138 cm³/mol. The van der Waals surface area contributed by atoms with Crippen molar-refractivity contribution in [3.05, 3.63) is 77.2 Å². The lowest BCUT2D eigenvalue weighted by Gasteiger charge is -2.35. The van der Waals surface area contributed by atoms with Crippen molar-refractivity contribution in [1.29, 1.82) is 0 Å². The van der Waals surface area contributed by atoms with Crippen molar-refractivity contribution >= 4 is 45.4 Å². The summed E-state index contributed by atoms with van der Waals surface area (Å²) in [6.07, 6.45) is 6.59. The normalized spacial score (nSPS) is 23.6. The smallest absolute Gasteiger partial charge is 0.267 e. The van der Waals surface area contributed by atoms with E-state index in [9.17, 15) is 4.79 Å². The molecule has 1 heterocycles. The first kappa shape index (κ1) is 21.8. The molecule has 0 radical (unpaired) electrons. The van der Waals surface area contributed by atoms with E-state index in [1.807, 2.05) is 65.6 Å². The average Bonchev–Trinajstić information content (AvgIpc) is 3.14. The molecule has 0 unspecified atom stereocenters. The van der Waals surface area contributed by atoms with Crippen molar-refractivity contribution in [1.82, 2.24) is 4.90 Å². The highest BCUT2D eigenvalue weighted by molar-refractivity contribution is 8.18. The van der Waals surface area contributed by atoms with Crippen molar-refractivity contribution in [2.24, 2.45) is 10.9 Å². The van der Waals surface area contributed by atoms with Crippen LogP contribution >= 0.6 is 11.8 Å². The van der Waals surface area contributed by atoms with Crippen molar-refractivity contribution in [3.8, 4) is 5.75 Å². The van der Waals surface area contributed by atoms with E-state index in [-0.39, 0.29) is 11.9 Å². The zero-order valence-corrected chi connectivity index (χ0v) is 19.8. The number of fused-ring (bicyclic) bond motifs is 1. The number of methoxy groups -OCH3 is 1. The molecule has 33 heavy (non-hydrogen) atoms. The van der Waals surface area contributed by atoms with E-state index < -0.39 is 0 Å². The van der Waals surface area contributed by atoms with Gasteiger partial charge in [0, 0.05) is 11.4 Å². The molecule has 1 saturated heterocycles. The summed E-state index contributed by atoms with van der Waals surface area (Å²) in [7, 11) is 1.69.